The molecular weight excluding hydrogens is 227 g/mol. The van der Waals surface area contributed by atoms with E-state index in [1.807, 2.05) is 18.2 Å². The van der Waals surface area contributed by atoms with Gasteiger partial charge in [-0.1, -0.05) is 36.4 Å². The number of rotatable bonds is 5. The third-order valence-electron chi connectivity index (χ3n) is 2.55. The van der Waals surface area contributed by atoms with Gasteiger partial charge in [0.15, 0.2) is 0 Å². The van der Waals surface area contributed by atoms with E-state index in [0.29, 0.717) is 0 Å². The maximum absolute atomic E-state index is 12.7. The molecule has 0 fully saturated rings. The van der Waals surface area contributed by atoms with Gasteiger partial charge in [-0.15, -0.1) is 6.58 Å². The highest BCUT2D eigenvalue weighted by atomic mass is 19.4. The zero-order valence-corrected chi connectivity index (χ0v) is 9.67. The van der Waals surface area contributed by atoms with Crippen molar-refractivity contribution in [2.75, 3.05) is 0 Å². The van der Waals surface area contributed by atoms with Gasteiger partial charge in [0.2, 0.25) is 0 Å². The van der Waals surface area contributed by atoms with E-state index in [2.05, 4.69) is 11.9 Å². The molecule has 0 aliphatic rings. The van der Waals surface area contributed by atoms with Crippen LogP contribution >= 0.6 is 0 Å². The van der Waals surface area contributed by atoms with Crippen LogP contribution in [0, 0.1) is 0 Å². The number of hydrogen-bond acceptors (Lipinski definition) is 1. The first-order valence-electron chi connectivity index (χ1n) is 5.43. The summed E-state index contributed by atoms with van der Waals surface area (Å²) in [6.45, 7) is 5.07. The second-order valence-corrected chi connectivity index (χ2v) is 3.92. The minimum absolute atomic E-state index is 0.124. The van der Waals surface area contributed by atoms with Crippen LogP contribution in [0.4, 0.5) is 13.2 Å². The number of halogens is 3. The monoisotopic (exact) mass is 243 g/mol. The predicted octanol–water partition coefficient (Wildman–Crippen LogP) is 3.84. The standard InChI is InChI=1S/C13H16F3N/c1-3-7-12(13(14,15)16)17-10(2)11-8-5-4-6-9-11/h3-6,8-10,12,17H,1,7H2,2H3/t10-,12?/m1/s1. The first kappa shape index (κ1) is 13.8. The summed E-state index contributed by atoms with van der Waals surface area (Å²) in [4.78, 5) is 0. The van der Waals surface area contributed by atoms with Gasteiger partial charge in [-0.3, -0.25) is 5.32 Å². The molecule has 1 unspecified atom stereocenters. The third kappa shape index (κ3) is 4.23. The molecule has 17 heavy (non-hydrogen) atoms. The fourth-order valence-electron chi connectivity index (χ4n) is 1.60. The molecular formula is C13H16F3N. The highest BCUT2D eigenvalue weighted by Gasteiger charge is 2.39. The van der Waals surface area contributed by atoms with Crippen molar-refractivity contribution in [2.45, 2.75) is 31.6 Å². The van der Waals surface area contributed by atoms with E-state index in [4.69, 9.17) is 0 Å². The average Bonchev–Trinajstić information content (AvgIpc) is 2.28. The summed E-state index contributed by atoms with van der Waals surface area (Å²) in [6, 6.07) is 7.17. The molecule has 0 heterocycles. The minimum Gasteiger partial charge on any atom is -0.299 e. The molecule has 0 aliphatic heterocycles. The van der Waals surface area contributed by atoms with Crippen molar-refractivity contribution in [1.29, 1.82) is 0 Å². The van der Waals surface area contributed by atoms with Crippen molar-refractivity contribution in [2.24, 2.45) is 0 Å². The molecule has 1 nitrogen and oxygen atoms in total. The predicted molar refractivity (Wildman–Crippen MR) is 62.6 cm³/mol. The fourth-order valence-corrected chi connectivity index (χ4v) is 1.60. The van der Waals surface area contributed by atoms with E-state index >= 15 is 0 Å². The van der Waals surface area contributed by atoms with Gasteiger partial charge in [0, 0.05) is 6.04 Å². The summed E-state index contributed by atoms with van der Waals surface area (Å²) in [6.07, 6.45) is -3.10. The van der Waals surface area contributed by atoms with E-state index < -0.39 is 12.2 Å². The normalized spacial score (nSPS) is 15.3. The second kappa shape index (κ2) is 5.87. The average molecular weight is 243 g/mol. The van der Waals surface area contributed by atoms with Crippen LogP contribution in [-0.2, 0) is 0 Å². The van der Waals surface area contributed by atoms with Crippen LogP contribution in [0.5, 0.6) is 0 Å². The fraction of sp³-hybridized carbons (Fsp3) is 0.385. The Labute approximate surface area is 99.3 Å². The molecule has 2 atom stereocenters. The molecule has 0 saturated heterocycles. The van der Waals surface area contributed by atoms with Crippen LogP contribution in [0.25, 0.3) is 0 Å². The number of benzene rings is 1. The van der Waals surface area contributed by atoms with Gasteiger partial charge >= 0.3 is 6.18 Å². The number of alkyl halides is 3. The largest absolute Gasteiger partial charge is 0.404 e. The van der Waals surface area contributed by atoms with Gasteiger partial charge in [0.05, 0.1) is 0 Å². The van der Waals surface area contributed by atoms with Crippen molar-refractivity contribution in [3.63, 3.8) is 0 Å². The van der Waals surface area contributed by atoms with Gasteiger partial charge in [-0.05, 0) is 18.9 Å². The molecule has 0 radical (unpaired) electrons. The molecule has 0 aliphatic carbocycles. The summed E-state index contributed by atoms with van der Waals surface area (Å²) in [5, 5.41) is 2.58. The first-order chi connectivity index (χ1) is 7.95. The lowest BCUT2D eigenvalue weighted by Gasteiger charge is -2.24. The van der Waals surface area contributed by atoms with Crippen molar-refractivity contribution in [1.82, 2.24) is 5.32 Å². The van der Waals surface area contributed by atoms with Crippen LogP contribution < -0.4 is 5.32 Å². The highest BCUT2D eigenvalue weighted by Crippen LogP contribution is 2.25. The SMILES string of the molecule is C=CCC(N[C@H](C)c1ccccc1)C(F)(F)F. The highest BCUT2D eigenvalue weighted by molar-refractivity contribution is 5.18. The van der Waals surface area contributed by atoms with Crippen LogP contribution in [0.2, 0.25) is 0 Å². The molecule has 4 heteroatoms. The van der Waals surface area contributed by atoms with Crippen molar-refractivity contribution >= 4 is 0 Å². The summed E-state index contributed by atoms with van der Waals surface area (Å²) < 4.78 is 38.0. The Bertz CT molecular complexity index is 345. The van der Waals surface area contributed by atoms with Crippen LogP contribution in [-0.4, -0.2) is 12.2 Å². The smallest absolute Gasteiger partial charge is 0.299 e. The summed E-state index contributed by atoms with van der Waals surface area (Å²) in [5.74, 6) is 0. The topological polar surface area (TPSA) is 12.0 Å². The Morgan fingerprint density at radius 2 is 1.88 bits per heavy atom. The van der Waals surface area contributed by atoms with E-state index in [9.17, 15) is 13.2 Å². The first-order valence-corrected chi connectivity index (χ1v) is 5.43. The van der Waals surface area contributed by atoms with Crippen LogP contribution in [0.15, 0.2) is 43.0 Å². The zero-order valence-electron chi connectivity index (χ0n) is 9.67. The van der Waals surface area contributed by atoms with Gasteiger partial charge < -0.3 is 0 Å². The Kier molecular flexibility index (Phi) is 4.75. The lowest BCUT2D eigenvalue weighted by Crippen LogP contribution is -2.43. The Balaban J connectivity index is 2.71. The second-order valence-electron chi connectivity index (χ2n) is 3.92. The molecule has 0 amide bonds. The summed E-state index contributed by atoms with van der Waals surface area (Å²) in [7, 11) is 0. The Morgan fingerprint density at radius 3 is 2.35 bits per heavy atom. The van der Waals surface area contributed by atoms with E-state index in [1.165, 1.54) is 6.08 Å². The van der Waals surface area contributed by atoms with Gasteiger partial charge in [-0.25, -0.2) is 0 Å². The molecule has 0 saturated carbocycles. The van der Waals surface area contributed by atoms with Crippen molar-refractivity contribution in [3.05, 3.63) is 48.6 Å². The lowest BCUT2D eigenvalue weighted by molar-refractivity contribution is -0.156. The summed E-state index contributed by atoms with van der Waals surface area (Å²) >= 11 is 0. The van der Waals surface area contributed by atoms with Crippen LogP contribution in [0.1, 0.15) is 24.9 Å². The molecule has 1 N–H and O–H groups in total. The maximum Gasteiger partial charge on any atom is 0.404 e. The molecule has 0 bridgehead atoms. The van der Waals surface area contributed by atoms with E-state index in [-0.39, 0.29) is 12.5 Å². The van der Waals surface area contributed by atoms with Crippen molar-refractivity contribution < 1.29 is 13.2 Å². The summed E-state index contributed by atoms with van der Waals surface area (Å²) in [5.41, 5.74) is 0.839. The van der Waals surface area contributed by atoms with Gasteiger partial charge in [0.25, 0.3) is 0 Å². The lowest BCUT2D eigenvalue weighted by atomic mass is 10.1. The minimum atomic E-state index is -4.25. The molecule has 0 spiro atoms. The van der Waals surface area contributed by atoms with Gasteiger partial charge in [0.1, 0.15) is 6.04 Å². The molecule has 0 aromatic heterocycles. The third-order valence-corrected chi connectivity index (χ3v) is 2.55. The molecule has 1 aromatic rings. The van der Waals surface area contributed by atoms with E-state index in [1.54, 1.807) is 19.1 Å². The zero-order chi connectivity index (χ0) is 12.9. The van der Waals surface area contributed by atoms with Gasteiger partial charge in [-0.2, -0.15) is 13.2 Å². The quantitative estimate of drug-likeness (QED) is 0.775. The maximum atomic E-state index is 12.7. The van der Waals surface area contributed by atoms with Crippen LogP contribution in [0.3, 0.4) is 0 Å². The Morgan fingerprint density at radius 1 is 1.29 bits per heavy atom. The molecule has 1 aromatic carbocycles. The number of nitrogens with one attached hydrogen (secondary N) is 1. The van der Waals surface area contributed by atoms with E-state index in [0.717, 1.165) is 5.56 Å². The Hall–Kier alpha value is -1.29. The number of hydrogen-bond donors (Lipinski definition) is 1. The molecule has 94 valence electrons. The van der Waals surface area contributed by atoms with Crippen molar-refractivity contribution in [3.8, 4) is 0 Å². The molecule has 1 rings (SSSR count).